The quantitative estimate of drug-likeness (QED) is 0.560. The van der Waals surface area contributed by atoms with E-state index < -0.39 is 41.6 Å². The molecule has 5 atom stereocenters. The van der Waals surface area contributed by atoms with Gasteiger partial charge in [-0.25, -0.2) is 14.0 Å². The van der Waals surface area contributed by atoms with Crippen LogP contribution in [0.2, 0.25) is 0 Å². The largest absolute Gasteiger partial charge is 0.391 e. The maximum Gasteiger partial charge on any atom is 0.350 e. The molecule has 9 heteroatoms. The predicted octanol–water partition coefficient (Wildman–Crippen LogP) is -1.70. The van der Waals surface area contributed by atoms with Crippen LogP contribution in [0.1, 0.15) is 20.1 Å². The highest BCUT2D eigenvalue weighted by molar-refractivity contribution is 5.22. The smallest absolute Gasteiger partial charge is 0.350 e. The van der Waals surface area contributed by atoms with E-state index in [2.05, 4.69) is 16.8 Å². The third-order valence-corrected chi connectivity index (χ3v) is 3.18. The van der Waals surface area contributed by atoms with Crippen molar-refractivity contribution in [3.05, 3.63) is 27.3 Å². The molecule has 1 aromatic heterocycles. The number of aromatic amines is 1. The van der Waals surface area contributed by atoms with E-state index in [1.54, 1.807) is 0 Å². The molecular formula is C12H14FN3O5. The van der Waals surface area contributed by atoms with E-state index in [4.69, 9.17) is 4.74 Å². The van der Waals surface area contributed by atoms with Crippen LogP contribution in [-0.4, -0.2) is 48.7 Å². The summed E-state index contributed by atoms with van der Waals surface area (Å²) in [4.78, 5) is 27.9. The molecule has 0 radical (unpaired) electrons. The van der Waals surface area contributed by atoms with Crippen LogP contribution in [0.4, 0.5) is 4.39 Å². The van der Waals surface area contributed by atoms with Crippen molar-refractivity contribution in [2.45, 2.75) is 44.1 Å². The summed E-state index contributed by atoms with van der Waals surface area (Å²) in [5.74, 6) is 4.48. The van der Waals surface area contributed by atoms with Crippen molar-refractivity contribution >= 4 is 0 Å². The summed E-state index contributed by atoms with van der Waals surface area (Å²) < 4.78 is 20.9. The van der Waals surface area contributed by atoms with E-state index >= 15 is 4.39 Å². The molecule has 8 nitrogen and oxygen atoms in total. The van der Waals surface area contributed by atoms with Crippen molar-refractivity contribution < 1.29 is 19.3 Å². The summed E-state index contributed by atoms with van der Waals surface area (Å²) >= 11 is 0. The van der Waals surface area contributed by atoms with Crippen LogP contribution in [-0.2, 0) is 4.74 Å². The lowest BCUT2D eigenvalue weighted by molar-refractivity contribution is -0.0807. The normalized spacial score (nSPS) is 33.3. The standard InChI is InChI=1S/C12H14FN3O5/c1-3-4-12(13)8(18)7(6(2)17)21-9(12)16-5-14-10(19)15-11(16)20/h5-9,17-18H,1-2H3,(H,15,19,20)/t6-,7+,8-,9+,12?/m0/s1. The maximum atomic E-state index is 15.0. The summed E-state index contributed by atoms with van der Waals surface area (Å²) in [6, 6.07) is 0. The predicted molar refractivity (Wildman–Crippen MR) is 68.0 cm³/mol. The van der Waals surface area contributed by atoms with Crippen molar-refractivity contribution in [3.63, 3.8) is 0 Å². The number of nitrogens with zero attached hydrogens (tertiary/aromatic N) is 2. The Morgan fingerprint density at radius 3 is 2.81 bits per heavy atom. The zero-order valence-corrected chi connectivity index (χ0v) is 11.3. The zero-order chi connectivity index (χ0) is 15.8. The van der Waals surface area contributed by atoms with Crippen molar-refractivity contribution in [2.24, 2.45) is 0 Å². The number of aliphatic hydroxyl groups excluding tert-OH is 2. The molecule has 2 rings (SSSR count). The first-order valence-electron chi connectivity index (χ1n) is 6.13. The Hall–Kier alpha value is -2.02. The molecule has 3 N–H and O–H groups in total. The fraction of sp³-hybridized carbons (Fsp3) is 0.583. The van der Waals surface area contributed by atoms with Crippen LogP contribution in [0.15, 0.2) is 15.9 Å². The molecule has 2 heterocycles. The number of ether oxygens (including phenoxy) is 1. The lowest BCUT2D eigenvalue weighted by Crippen LogP contribution is -2.46. The molecular weight excluding hydrogens is 285 g/mol. The average molecular weight is 299 g/mol. The second kappa shape index (κ2) is 5.40. The zero-order valence-electron chi connectivity index (χ0n) is 11.3. The lowest BCUT2D eigenvalue weighted by atomic mass is 9.94. The summed E-state index contributed by atoms with van der Waals surface area (Å²) in [6.45, 7) is 2.67. The molecule has 0 spiro atoms. The first-order valence-corrected chi connectivity index (χ1v) is 6.13. The number of nitrogens with one attached hydrogen (secondary N) is 1. The first kappa shape index (κ1) is 15.4. The Morgan fingerprint density at radius 2 is 2.29 bits per heavy atom. The second-order valence-electron chi connectivity index (χ2n) is 4.67. The first-order chi connectivity index (χ1) is 9.81. The summed E-state index contributed by atoms with van der Waals surface area (Å²) in [6.07, 6.45) is -5.08. The van der Waals surface area contributed by atoms with E-state index in [-0.39, 0.29) is 0 Å². The molecule has 1 fully saturated rings. The number of aliphatic hydroxyl groups is 2. The number of hydrogen-bond donors (Lipinski definition) is 3. The monoisotopic (exact) mass is 299 g/mol. The number of halogens is 1. The molecule has 1 aromatic rings. The molecule has 0 saturated carbocycles. The number of alkyl halides is 1. The minimum atomic E-state index is -2.62. The van der Waals surface area contributed by atoms with E-state index in [9.17, 15) is 19.8 Å². The van der Waals surface area contributed by atoms with Gasteiger partial charge in [0.05, 0.1) is 6.10 Å². The lowest BCUT2D eigenvalue weighted by Gasteiger charge is -2.23. The van der Waals surface area contributed by atoms with Crippen molar-refractivity contribution in [1.82, 2.24) is 14.5 Å². The fourth-order valence-corrected chi connectivity index (χ4v) is 2.20. The van der Waals surface area contributed by atoms with Gasteiger partial charge in [0.15, 0.2) is 6.23 Å². The van der Waals surface area contributed by atoms with Gasteiger partial charge in [0.2, 0.25) is 5.67 Å². The van der Waals surface area contributed by atoms with E-state index in [1.807, 2.05) is 4.98 Å². The van der Waals surface area contributed by atoms with Crippen LogP contribution >= 0.6 is 0 Å². The number of rotatable bonds is 2. The molecule has 0 amide bonds. The van der Waals surface area contributed by atoms with Crippen LogP contribution < -0.4 is 11.4 Å². The van der Waals surface area contributed by atoms with Gasteiger partial charge in [-0.05, 0) is 13.8 Å². The Bertz CT molecular complexity index is 703. The number of hydrogen-bond acceptors (Lipinski definition) is 6. The molecule has 114 valence electrons. The van der Waals surface area contributed by atoms with Gasteiger partial charge in [0.1, 0.15) is 18.5 Å². The summed E-state index contributed by atoms with van der Waals surface area (Å²) in [7, 11) is 0. The molecule has 0 aromatic carbocycles. The Kier molecular flexibility index (Phi) is 3.95. The summed E-state index contributed by atoms with van der Waals surface area (Å²) in [5, 5.41) is 19.6. The minimum Gasteiger partial charge on any atom is -0.391 e. The van der Waals surface area contributed by atoms with Crippen LogP contribution in [0.25, 0.3) is 0 Å². The van der Waals surface area contributed by atoms with Crippen molar-refractivity contribution in [3.8, 4) is 11.8 Å². The van der Waals surface area contributed by atoms with Gasteiger partial charge in [-0.1, -0.05) is 5.92 Å². The Balaban J connectivity index is 2.56. The fourth-order valence-electron chi connectivity index (χ4n) is 2.20. The third kappa shape index (κ3) is 2.49. The van der Waals surface area contributed by atoms with E-state index in [0.29, 0.717) is 4.57 Å². The number of H-pyrrole nitrogens is 1. The van der Waals surface area contributed by atoms with Crippen LogP contribution in [0.5, 0.6) is 0 Å². The highest BCUT2D eigenvalue weighted by atomic mass is 19.1. The topological polar surface area (TPSA) is 117 Å². The van der Waals surface area contributed by atoms with Crippen molar-refractivity contribution in [2.75, 3.05) is 0 Å². The molecule has 0 bridgehead atoms. The minimum absolute atomic E-state index is 0.678. The van der Waals surface area contributed by atoms with Gasteiger partial charge in [0, 0.05) is 0 Å². The highest BCUT2D eigenvalue weighted by Crippen LogP contribution is 2.41. The average Bonchev–Trinajstić information content (AvgIpc) is 2.64. The highest BCUT2D eigenvalue weighted by Gasteiger charge is 2.59. The SMILES string of the molecule is CC#CC1(F)[C@@H](O)[C@@H]([C@H](C)O)O[C@H]1n1cnc(=O)[nH]c1=O. The van der Waals surface area contributed by atoms with Gasteiger partial charge >= 0.3 is 11.4 Å². The molecule has 21 heavy (non-hydrogen) atoms. The summed E-state index contributed by atoms with van der Waals surface area (Å²) in [5.41, 5.74) is -4.48. The molecule has 1 aliphatic rings. The second-order valence-corrected chi connectivity index (χ2v) is 4.67. The molecule has 1 aliphatic heterocycles. The Morgan fingerprint density at radius 1 is 1.62 bits per heavy atom. The Labute approximate surface area is 118 Å². The van der Waals surface area contributed by atoms with Gasteiger partial charge in [-0.15, -0.1) is 5.92 Å². The van der Waals surface area contributed by atoms with Gasteiger partial charge in [-0.3, -0.25) is 9.55 Å². The molecule has 0 aliphatic carbocycles. The van der Waals surface area contributed by atoms with E-state index in [0.717, 1.165) is 6.33 Å². The maximum absolute atomic E-state index is 15.0. The van der Waals surface area contributed by atoms with Crippen LogP contribution in [0, 0.1) is 11.8 Å². The molecule has 1 unspecified atom stereocenters. The van der Waals surface area contributed by atoms with Crippen molar-refractivity contribution in [1.29, 1.82) is 0 Å². The van der Waals surface area contributed by atoms with Gasteiger partial charge in [-0.2, -0.15) is 4.98 Å². The van der Waals surface area contributed by atoms with Crippen LogP contribution in [0.3, 0.4) is 0 Å². The van der Waals surface area contributed by atoms with E-state index in [1.165, 1.54) is 13.8 Å². The number of aromatic nitrogens is 3. The van der Waals surface area contributed by atoms with Gasteiger partial charge < -0.3 is 14.9 Å². The third-order valence-electron chi connectivity index (χ3n) is 3.18. The van der Waals surface area contributed by atoms with Gasteiger partial charge in [0.25, 0.3) is 0 Å². The molecule has 1 saturated heterocycles.